The second-order valence-corrected chi connectivity index (χ2v) is 7.44. The van der Waals surface area contributed by atoms with Gasteiger partial charge < -0.3 is 20.4 Å². The number of rotatable bonds is 8. The standard InChI is InChI=1S/C21H30N6O/c1-26(2)14-6-13-22-20-12-11-19(24-25-20)21(28)23-17-7-9-18(10-8-17)27-15-4-3-5-16-27/h7-12H,3-6,13-16H2,1-2H3,(H,22,25)(H,23,28). The van der Waals surface area contributed by atoms with E-state index in [0.717, 1.165) is 38.3 Å². The summed E-state index contributed by atoms with van der Waals surface area (Å²) in [4.78, 5) is 16.9. The van der Waals surface area contributed by atoms with E-state index >= 15 is 0 Å². The molecule has 0 radical (unpaired) electrons. The Hall–Kier alpha value is -2.67. The minimum absolute atomic E-state index is 0.252. The summed E-state index contributed by atoms with van der Waals surface area (Å²) < 4.78 is 0. The monoisotopic (exact) mass is 382 g/mol. The van der Waals surface area contributed by atoms with Crippen molar-refractivity contribution < 1.29 is 4.79 Å². The van der Waals surface area contributed by atoms with Crippen molar-refractivity contribution in [2.24, 2.45) is 0 Å². The van der Waals surface area contributed by atoms with Crippen LogP contribution in [0.5, 0.6) is 0 Å². The van der Waals surface area contributed by atoms with E-state index in [1.165, 1.54) is 24.9 Å². The number of anilines is 3. The molecule has 2 aromatic rings. The highest BCUT2D eigenvalue weighted by atomic mass is 16.1. The summed E-state index contributed by atoms with van der Waals surface area (Å²) in [5.74, 6) is 0.429. The molecule has 1 aliphatic heterocycles. The zero-order chi connectivity index (χ0) is 19.8. The fourth-order valence-electron chi connectivity index (χ4n) is 3.26. The first-order valence-corrected chi connectivity index (χ1v) is 10.0. The topological polar surface area (TPSA) is 73.4 Å². The molecule has 1 amide bonds. The number of benzene rings is 1. The number of carbonyl (C=O) groups is 1. The van der Waals surface area contributed by atoms with Gasteiger partial charge in [-0.05, 0) is 82.7 Å². The molecule has 28 heavy (non-hydrogen) atoms. The molecule has 1 aromatic heterocycles. The predicted octanol–water partition coefficient (Wildman–Crippen LogP) is 3.08. The van der Waals surface area contributed by atoms with E-state index in [4.69, 9.17) is 0 Å². The summed E-state index contributed by atoms with van der Waals surface area (Å²) in [5.41, 5.74) is 2.28. The van der Waals surface area contributed by atoms with Crippen LogP contribution in [0.1, 0.15) is 36.2 Å². The molecule has 150 valence electrons. The smallest absolute Gasteiger partial charge is 0.276 e. The number of amides is 1. The Labute approximate surface area is 167 Å². The highest BCUT2D eigenvalue weighted by Crippen LogP contribution is 2.22. The molecule has 7 heteroatoms. The summed E-state index contributed by atoms with van der Waals surface area (Å²) >= 11 is 0. The van der Waals surface area contributed by atoms with Gasteiger partial charge in [-0.2, -0.15) is 0 Å². The van der Waals surface area contributed by atoms with Crippen molar-refractivity contribution in [1.82, 2.24) is 15.1 Å². The largest absolute Gasteiger partial charge is 0.372 e. The van der Waals surface area contributed by atoms with Crippen molar-refractivity contribution in [3.8, 4) is 0 Å². The van der Waals surface area contributed by atoms with Gasteiger partial charge in [-0.3, -0.25) is 4.79 Å². The number of nitrogens with zero attached hydrogens (tertiary/aromatic N) is 4. The van der Waals surface area contributed by atoms with E-state index in [1.807, 2.05) is 12.1 Å². The fourth-order valence-corrected chi connectivity index (χ4v) is 3.26. The molecule has 0 aliphatic carbocycles. The minimum Gasteiger partial charge on any atom is -0.372 e. The van der Waals surface area contributed by atoms with E-state index in [9.17, 15) is 4.79 Å². The van der Waals surface area contributed by atoms with Crippen LogP contribution in [0.2, 0.25) is 0 Å². The third-order valence-corrected chi connectivity index (χ3v) is 4.83. The number of piperidine rings is 1. The average Bonchev–Trinajstić information content (AvgIpc) is 2.73. The van der Waals surface area contributed by atoms with Gasteiger partial charge in [0.15, 0.2) is 5.69 Å². The van der Waals surface area contributed by atoms with E-state index in [-0.39, 0.29) is 5.91 Å². The van der Waals surface area contributed by atoms with Gasteiger partial charge in [-0.1, -0.05) is 0 Å². The van der Waals surface area contributed by atoms with Crippen LogP contribution in [-0.2, 0) is 0 Å². The zero-order valence-corrected chi connectivity index (χ0v) is 16.8. The molecule has 7 nitrogen and oxygen atoms in total. The molecule has 0 bridgehead atoms. The molecular formula is C21H30N6O. The van der Waals surface area contributed by atoms with Crippen molar-refractivity contribution in [2.45, 2.75) is 25.7 Å². The summed E-state index contributed by atoms with van der Waals surface area (Å²) in [5, 5.41) is 14.2. The summed E-state index contributed by atoms with van der Waals surface area (Å²) in [6, 6.07) is 11.5. The maximum absolute atomic E-state index is 12.4. The third kappa shape index (κ3) is 5.92. The first-order valence-electron chi connectivity index (χ1n) is 10.0. The minimum atomic E-state index is -0.252. The first kappa shape index (κ1) is 20.1. The van der Waals surface area contributed by atoms with E-state index in [0.29, 0.717) is 11.5 Å². The van der Waals surface area contributed by atoms with E-state index in [2.05, 4.69) is 56.9 Å². The van der Waals surface area contributed by atoms with Crippen LogP contribution in [0.15, 0.2) is 36.4 Å². The van der Waals surface area contributed by atoms with Gasteiger partial charge >= 0.3 is 0 Å². The van der Waals surface area contributed by atoms with Crippen LogP contribution >= 0.6 is 0 Å². The maximum Gasteiger partial charge on any atom is 0.276 e. The Morgan fingerprint density at radius 3 is 2.43 bits per heavy atom. The molecule has 3 rings (SSSR count). The fraction of sp³-hybridized carbons (Fsp3) is 0.476. The second kappa shape index (κ2) is 10.0. The summed E-state index contributed by atoms with van der Waals surface area (Å²) in [7, 11) is 4.10. The lowest BCUT2D eigenvalue weighted by Gasteiger charge is -2.28. The molecule has 1 aromatic carbocycles. The summed E-state index contributed by atoms with van der Waals surface area (Å²) in [6.07, 6.45) is 4.83. The van der Waals surface area contributed by atoms with Crippen molar-refractivity contribution in [3.05, 3.63) is 42.1 Å². The van der Waals surface area contributed by atoms with Crippen molar-refractivity contribution in [3.63, 3.8) is 0 Å². The van der Waals surface area contributed by atoms with E-state index in [1.54, 1.807) is 12.1 Å². The quantitative estimate of drug-likeness (QED) is 0.684. The second-order valence-electron chi connectivity index (χ2n) is 7.44. The number of carbonyl (C=O) groups excluding carboxylic acids is 1. The number of nitrogens with one attached hydrogen (secondary N) is 2. The molecular weight excluding hydrogens is 352 g/mol. The Morgan fingerprint density at radius 2 is 1.79 bits per heavy atom. The van der Waals surface area contributed by atoms with Crippen LogP contribution in [0, 0.1) is 0 Å². The van der Waals surface area contributed by atoms with Gasteiger partial charge in [0.1, 0.15) is 5.82 Å². The van der Waals surface area contributed by atoms with E-state index < -0.39 is 0 Å². The molecule has 1 aliphatic rings. The maximum atomic E-state index is 12.4. The van der Waals surface area contributed by atoms with Crippen LogP contribution in [-0.4, -0.2) is 61.3 Å². The predicted molar refractivity (Wildman–Crippen MR) is 114 cm³/mol. The first-order chi connectivity index (χ1) is 13.6. The van der Waals surface area contributed by atoms with Crippen molar-refractivity contribution in [2.75, 3.05) is 55.8 Å². The Kier molecular flexibility index (Phi) is 7.19. The Balaban J connectivity index is 1.50. The zero-order valence-electron chi connectivity index (χ0n) is 16.8. The molecule has 1 saturated heterocycles. The van der Waals surface area contributed by atoms with Gasteiger partial charge in [0, 0.05) is 31.0 Å². The van der Waals surface area contributed by atoms with Gasteiger partial charge in [0.25, 0.3) is 5.91 Å². The highest BCUT2D eigenvalue weighted by molar-refractivity contribution is 6.02. The normalized spacial score (nSPS) is 14.2. The molecule has 0 saturated carbocycles. The lowest BCUT2D eigenvalue weighted by molar-refractivity contribution is 0.102. The molecule has 2 heterocycles. The molecule has 1 fully saturated rings. The van der Waals surface area contributed by atoms with Gasteiger partial charge in [-0.25, -0.2) is 0 Å². The van der Waals surface area contributed by atoms with Crippen LogP contribution in [0.3, 0.4) is 0 Å². The Morgan fingerprint density at radius 1 is 1.04 bits per heavy atom. The van der Waals surface area contributed by atoms with Gasteiger partial charge in [-0.15, -0.1) is 10.2 Å². The lowest BCUT2D eigenvalue weighted by atomic mass is 10.1. The van der Waals surface area contributed by atoms with Gasteiger partial charge in [0.2, 0.25) is 0 Å². The number of aromatic nitrogens is 2. The lowest BCUT2D eigenvalue weighted by Crippen LogP contribution is -2.29. The summed E-state index contributed by atoms with van der Waals surface area (Å²) in [6.45, 7) is 4.05. The Bertz CT molecular complexity index is 738. The number of hydrogen-bond donors (Lipinski definition) is 2. The van der Waals surface area contributed by atoms with Crippen molar-refractivity contribution >= 4 is 23.1 Å². The van der Waals surface area contributed by atoms with Crippen molar-refractivity contribution in [1.29, 1.82) is 0 Å². The van der Waals surface area contributed by atoms with Gasteiger partial charge in [0.05, 0.1) is 0 Å². The highest BCUT2D eigenvalue weighted by Gasteiger charge is 2.12. The molecule has 0 atom stereocenters. The number of hydrogen-bond acceptors (Lipinski definition) is 6. The molecule has 2 N–H and O–H groups in total. The molecule has 0 spiro atoms. The van der Waals surface area contributed by atoms with Crippen LogP contribution < -0.4 is 15.5 Å². The third-order valence-electron chi connectivity index (χ3n) is 4.83. The van der Waals surface area contributed by atoms with Crippen LogP contribution in [0.4, 0.5) is 17.2 Å². The molecule has 0 unspecified atom stereocenters. The average molecular weight is 383 g/mol. The van der Waals surface area contributed by atoms with Crippen LogP contribution in [0.25, 0.3) is 0 Å². The SMILES string of the molecule is CN(C)CCCNc1ccc(C(=O)Nc2ccc(N3CCCCC3)cc2)nn1.